The molecule has 1 nitrogen and oxygen atoms in total. The number of hydrogen-bond donors (Lipinski definition) is 0. The number of methoxy groups -OCH3 is 1. The van der Waals surface area contributed by atoms with Gasteiger partial charge in [0, 0.05) is 17.2 Å². The average Bonchev–Trinajstić information content (AvgIpc) is 2.55. The van der Waals surface area contributed by atoms with Gasteiger partial charge in [-0.05, 0) is 36.1 Å². The molecule has 0 aliphatic heterocycles. The average molecular weight is 323 g/mol. The molecule has 0 atom stereocenters. The number of hydrogen-bond acceptors (Lipinski definition) is 1. The van der Waals surface area contributed by atoms with Gasteiger partial charge in [-0.2, -0.15) is 0 Å². The Balaban J connectivity index is 2.21. The summed E-state index contributed by atoms with van der Waals surface area (Å²) in [4.78, 5) is 0. The second kappa shape index (κ2) is 7.72. The molecular formula is C18H20Cl2O. The first-order chi connectivity index (χ1) is 10.2. The molecule has 3 heteroatoms. The number of rotatable bonds is 7. The van der Waals surface area contributed by atoms with Gasteiger partial charge in [0.05, 0.1) is 7.11 Å². The number of ether oxygens (including phenoxy) is 1. The van der Waals surface area contributed by atoms with Gasteiger partial charge in [-0.3, -0.25) is 0 Å². The summed E-state index contributed by atoms with van der Waals surface area (Å²) < 4.78 is 5.29. The number of alkyl halides is 2. The van der Waals surface area contributed by atoms with Gasteiger partial charge in [0.25, 0.3) is 0 Å². The van der Waals surface area contributed by atoms with E-state index in [1.807, 2.05) is 30.3 Å². The highest BCUT2D eigenvalue weighted by Crippen LogP contribution is 2.32. The van der Waals surface area contributed by atoms with Crippen LogP contribution in [-0.2, 0) is 12.8 Å². The first-order valence-electron chi connectivity index (χ1n) is 7.00. The van der Waals surface area contributed by atoms with Crippen LogP contribution in [0.15, 0.2) is 54.6 Å². The molecule has 0 aromatic heterocycles. The molecule has 2 aromatic rings. The van der Waals surface area contributed by atoms with E-state index in [2.05, 4.69) is 24.3 Å². The van der Waals surface area contributed by atoms with Gasteiger partial charge in [-0.25, -0.2) is 0 Å². The molecule has 0 N–H and O–H groups in total. The molecule has 0 amide bonds. The first kappa shape index (κ1) is 16.2. The predicted molar refractivity (Wildman–Crippen MR) is 90.7 cm³/mol. The summed E-state index contributed by atoms with van der Waals surface area (Å²) in [6.07, 6.45) is 1.71. The van der Waals surface area contributed by atoms with Gasteiger partial charge < -0.3 is 4.74 Å². The molecule has 0 aliphatic carbocycles. The molecule has 0 bridgehead atoms. The SMILES string of the molecule is COc1cccc(CC(CCl)(CCl)Cc2ccccc2)c1. The third-order valence-corrected chi connectivity index (χ3v) is 4.84. The van der Waals surface area contributed by atoms with E-state index >= 15 is 0 Å². The third-order valence-electron chi connectivity index (χ3n) is 3.70. The Morgan fingerprint density at radius 3 is 2.10 bits per heavy atom. The smallest absolute Gasteiger partial charge is 0.119 e. The molecule has 0 fully saturated rings. The Hall–Kier alpha value is -1.18. The van der Waals surface area contributed by atoms with Crippen molar-refractivity contribution in [2.75, 3.05) is 18.9 Å². The van der Waals surface area contributed by atoms with E-state index in [0.29, 0.717) is 11.8 Å². The van der Waals surface area contributed by atoms with Gasteiger partial charge in [-0.1, -0.05) is 42.5 Å². The van der Waals surface area contributed by atoms with E-state index in [9.17, 15) is 0 Å². The molecule has 0 aliphatic rings. The molecule has 21 heavy (non-hydrogen) atoms. The Kier molecular flexibility index (Phi) is 5.96. The maximum atomic E-state index is 6.28. The topological polar surface area (TPSA) is 9.23 Å². The molecule has 112 valence electrons. The van der Waals surface area contributed by atoms with Gasteiger partial charge in [0.2, 0.25) is 0 Å². The van der Waals surface area contributed by atoms with Crippen LogP contribution in [0.3, 0.4) is 0 Å². The first-order valence-corrected chi connectivity index (χ1v) is 8.07. The lowest BCUT2D eigenvalue weighted by Gasteiger charge is -2.30. The van der Waals surface area contributed by atoms with Crippen molar-refractivity contribution < 1.29 is 4.74 Å². The second-order valence-electron chi connectivity index (χ2n) is 5.46. The summed E-state index contributed by atoms with van der Waals surface area (Å²) in [5, 5.41) is 0. The lowest BCUT2D eigenvalue weighted by Crippen LogP contribution is -2.30. The molecule has 0 saturated heterocycles. The van der Waals surface area contributed by atoms with Crippen LogP contribution in [-0.4, -0.2) is 18.9 Å². The van der Waals surface area contributed by atoms with Crippen LogP contribution in [0.5, 0.6) is 5.75 Å². The van der Waals surface area contributed by atoms with Gasteiger partial charge >= 0.3 is 0 Å². The van der Waals surface area contributed by atoms with Crippen molar-refractivity contribution in [3.8, 4) is 5.75 Å². The molecule has 2 aromatic carbocycles. The molecule has 2 rings (SSSR count). The zero-order chi connectivity index (χ0) is 15.1. The predicted octanol–water partition coefficient (Wildman–Crippen LogP) is 4.94. The zero-order valence-corrected chi connectivity index (χ0v) is 13.7. The van der Waals surface area contributed by atoms with Crippen LogP contribution >= 0.6 is 23.2 Å². The van der Waals surface area contributed by atoms with Crippen LogP contribution < -0.4 is 4.74 Å². The molecule has 0 unspecified atom stereocenters. The maximum Gasteiger partial charge on any atom is 0.119 e. The second-order valence-corrected chi connectivity index (χ2v) is 5.99. The van der Waals surface area contributed by atoms with E-state index in [1.165, 1.54) is 11.1 Å². The van der Waals surface area contributed by atoms with Crippen molar-refractivity contribution >= 4 is 23.2 Å². The lowest BCUT2D eigenvalue weighted by atomic mass is 9.79. The quantitative estimate of drug-likeness (QED) is 0.656. The molecule has 0 saturated carbocycles. The van der Waals surface area contributed by atoms with Crippen LogP contribution in [0.1, 0.15) is 11.1 Å². The van der Waals surface area contributed by atoms with Gasteiger partial charge in [-0.15, -0.1) is 23.2 Å². The van der Waals surface area contributed by atoms with Crippen molar-refractivity contribution in [1.29, 1.82) is 0 Å². The highest BCUT2D eigenvalue weighted by atomic mass is 35.5. The molecule has 0 radical (unpaired) electrons. The standard InChI is InChI=1S/C18H20Cl2O/c1-21-17-9-5-8-16(10-17)12-18(13-19,14-20)11-15-6-3-2-4-7-15/h2-10H,11-14H2,1H3. The minimum Gasteiger partial charge on any atom is -0.497 e. The fourth-order valence-corrected chi connectivity index (χ4v) is 3.20. The van der Waals surface area contributed by atoms with Crippen molar-refractivity contribution in [1.82, 2.24) is 0 Å². The highest BCUT2D eigenvalue weighted by Gasteiger charge is 2.29. The van der Waals surface area contributed by atoms with Crippen molar-refractivity contribution in [3.63, 3.8) is 0 Å². The van der Waals surface area contributed by atoms with E-state index in [-0.39, 0.29) is 5.41 Å². The number of halogens is 2. The zero-order valence-electron chi connectivity index (χ0n) is 12.2. The molecular weight excluding hydrogens is 303 g/mol. The lowest BCUT2D eigenvalue weighted by molar-refractivity contribution is 0.371. The molecule has 0 spiro atoms. The van der Waals surface area contributed by atoms with E-state index in [1.54, 1.807) is 7.11 Å². The Morgan fingerprint density at radius 2 is 1.48 bits per heavy atom. The summed E-state index contributed by atoms with van der Waals surface area (Å²) in [5.41, 5.74) is 2.32. The van der Waals surface area contributed by atoms with Crippen LogP contribution in [0.2, 0.25) is 0 Å². The fourth-order valence-electron chi connectivity index (χ4n) is 2.53. The van der Waals surface area contributed by atoms with Crippen molar-refractivity contribution in [2.45, 2.75) is 12.8 Å². The van der Waals surface area contributed by atoms with Gasteiger partial charge in [0.1, 0.15) is 5.75 Å². The Bertz CT molecular complexity index is 550. The minimum atomic E-state index is -0.142. The number of benzene rings is 2. The van der Waals surface area contributed by atoms with Crippen LogP contribution in [0.25, 0.3) is 0 Å². The maximum absolute atomic E-state index is 6.28. The minimum absolute atomic E-state index is 0.142. The Labute approximate surface area is 136 Å². The van der Waals surface area contributed by atoms with E-state index in [4.69, 9.17) is 27.9 Å². The van der Waals surface area contributed by atoms with Gasteiger partial charge in [0.15, 0.2) is 0 Å². The van der Waals surface area contributed by atoms with Crippen LogP contribution in [0, 0.1) is 5.41 Å². The summed E-state index contributed by atoms with van der Waals surface area (Å²) in [6.45, 7) is 0. The highest BCUT2D eigenvalue weighted by molar-refractivity contribution is 6.21. The normalized spacial score (nSPS) is 11.4. The summed E-state index contributed by atoms with van der Waals surface area (Å²) in [6, 6.07) is 18.5. The van der Waals surface area contributed by atoms with Crippen LogP contribution in [0.4, 0.5) is 0 Å². The third kappa shape index (κ3) is 4.39. The van der Waals surface area contributed by atoms with Crippen molar-refractivity contribution in [3.05, 3.63) is 65.7 Å². The fraction of sp³-hybridized carbons (Fsp3) is 0.333. The largest absolute Gasteiger partial charge is 0.497 e. The summed E-state index contributed by atoms with van der Waals surface area (Å²) in [7, 11) is 1.68. The van der Waals surface area contributed by atoms with E-state index in [0.717, 1.165) is 18.6 Å². The summed E-state index contributed by atoms with van der Waals surface area (Å²) in [5.74, 6) is 1.93. The summed E-state index contributed by atoms with van der Waals surface area (Å²) >= 11 is 12.6. The monoisotopic (exact) mass is 322 g/mol. The Morgan fingerprint density at radius 1 is 0.857 bits per heavy atom. The molecule has 0 heterocycles. The van der Waals surface area contributed by atoms with E-state index < -0.39 is 0 Å². The van der Waals surface area contributed by atoms with Crippen molar-refractivity contribution in [2.24, 2.45) is 5.41 Å².